The molecule has 1 saturated heterocycles. The Balaban J connectivity index is 1.51. The number of rotatable bonds is 7. The Morgan fingerprint density at radius 1 is 1.10 bits per heavy atom. The highest BCUT2D eigenvalue weighted by Gasteiger charge is 2.35. The highest BCUT2D eigenvalue weighted by atomic mass is 16.5. The maximum Gasteiger partial charge on any atom is 0.330 e. The molecule has 2 aromatic carbocycles. The van der Waals surface area contributed by atoms with Gasteiger partial charge in [-0.2, -0.15) is 0 Å². The molecule has 1 aromatic heterocycles. The molecule has 2 heterocycles. The summed E-state index contributed by atoms with van der Waals surface area (Å²) in [6, 6.07) is 17.2. The fourth-order valence-electron chi connectivity index (χ4n) is 3.62. The number of nitrogens with one attached hydrogen (secondary N) is 1. The zero-order valence-electron chi connectivity index (χ0n) is 16.8. The molecule has 0 amide bonds. The second kappa shape index (κ2) is 9.30. The summed E-state index contributed by atoms with van der Waals surface area (Å²) in [5, 5.41) is 19.2. The van der Waals surface area contributed by atoms with Crippen LogP contribution in [0.2, 0.25) is 0 Å². The first-order valence-corrected chi connectivity index (χ1v) is 10.1. The maximum absolute atomic E-state index is 12.4. The number of nitrogens with zero attached hydrogens (tertiary/aromatic N) is 1. The molecular weight excluding hydrogens is 400 g/mol. The number of aromatic nitrogens is 2. The van der Waals surface area contributed by atoms with Crippen LogP contribution < -0.4 is 16.0 Å². The molecule has 0 radical (unpaired) electrons. The number of benzene rings is 2. The molecule has 1 fully saturated rings. The van der Waals surface area contributed by atoms with Crippen LogP contribution in [0, 0.1) is 0 Å². The van der Waals surface area contributed by atoms with Crippen LogP contribution in [-0.4, -0.2) is 38.6 Å². The first-order valence-electron chi connectivity index (χ1n) is 10.1. The molecule has 8 nitrogen and oxygen atoms in total. The first kappa shape index (κ1) is 21.0. The van der Waals surface area contributed by atoms with Gasteiger partial charge in [0.1, 0.15) is 24.7 Å². The number of aliphatic hydroxyl groups excluding tert-OH is 2. The van der Waals surface area contributed by atoms with Crippen molar-refractivity contribution in [1.29, 1.82) is 0 Å². The molecule has 0 unspecified atom stereocenters. The van der Waals surface area contributed by atoms with Crippen LogP contribution in [-0.2, 0) is 17.8 Å². The lowest BCUT2D eigenvalue weighted by Crippen LogP contribution is -2.34. The van der Waals surface area contributed by atoms with Crippen molar-refractivity contribution < 1.29 is 19.7 Å². The van der Waals surface area contributed by atoms with Gasteiger partial charge in [0.2, 0.25) is 0 Å². The van der Waals surface area contributed by atoms with Gasteiger partial charge in [-0.15, -0.1) is 0 Å². The van der Waals surface area contributed by atoms with E-state index in [1.807, 2.05) is 54.6 Å². The summed E-state index contributed by atoms with van der Waals surface area (Å²) < 4.78 is 12.7. The van der Waals surface area contributed by atoms with Crippen LogP contribution in [0.5, 0.6) is 5.75 Å². The van der Waals surface area contributed by atoms with Crippen molar-refractivity contribution >= 4 is 0 Å². The SMILES string of the molecule is O=c1[nH]c(=O)n([C@@H]2C[C@H](O)[C@@H](CO)O2)cc1Cc1cccc(OCc2ccccc2)c1. The van der Waals surface area contributed by atoms with E-state index in [-0.39, 0.29) is 19.4 Å². The number of ether oxygens (including phenoxy) is 2. The monoisotopic (exact) mass is 424 g/mol. The Labute approximate surface area is 178 Å². The van der Waals surface area contributed by atoms with E-state index in [9.17, 15) is 19.8 Å². The molecule has 0 bridgehead atoms. The highest BCUT2D eigenvalue weighted by Crippen LogP contribution is 2.27. The smallest absolute Gasteiger partial charge is 0.330 e. The van der Waals surface area contributed by atoms with E-state index in [0.717, 1.165) is 11.1 Å². The second-order valence-electron chi connectivity index (χ2n) is 7.53. The molecular formula is C23H24N2O6. The number of hydrogen-bond acceptors (Lipinski definition) is 6. The average molecular weight is 424 g/mol. The predicted octanol–water partition coefficient (Wildman–Crippen LogP) is 1.35. The van der Waals surface area contributed by atoms with Crippen LogP contribution in [0.4, 0.5) is 0 Å². The quantitative estimate of drug-likeness (QED) is 0.528. The van der Waals surface area contributed by atoms with E-state index in [1.165, 1.54) is 10.8 Å². The highest BCUT2D eigenvalue weighted by molar-refractivity contribution is 5.32. The Bertz CT molecular complexity index is 1140. The third kappa shape index (κ3) is 4.93. The summed E-state index contributed by atoms with van der Waals surface area (Å²) in [7, 11) is 0. The summed E-state index contributed by atoms with van der Waals surface area (Å²) in [5.74, 6) is 0.680. The van der Waals surface area contributed by atoms with Crippen molar-refractivity contribution in [3.05, 3.63) is 98.3 Å². The Kier molecular flexibility index (Phi) is 6.31. The molecule has 0 spiro atoms. The van der Waals surface area contributed by atoms with Gasteiger partial charge < -0.3 is 19.7 Å². The Morgan fingerprint density at radius 2 is 1.87 bits per heavy atom. The molecule has 0 saturated carbocycles. The lowest BCUT2D eigenvalue weighted by atomic mass is 10.1. The topological polar surface area (TPSA) is 114 Å². The van der Waals surface area contributed by atoms with Crippen LogP contribution in [0.25, 0.3) is 0 Å². The van der Waals surface area contributed by atoms with Gasteiger partial charge >= 0.3 is 5.69 Å². The molecule has 1 aliphatic heterocycles. The number of H-pyrrole nitrogens is 1. The van der Waals surface area contributed by atoms with Gasteiger partial charge in [-0.05, 0) is 23.3 Å². The molecule has 31 heavy (non-hydrogen) atoms. The maximum atomic E-state index is 12.4. The summed E-state index contributed by atoms with van der Waals surface area (Å²) >= 11 is 0. The summed E-state index contributed by atoms with van der Waals surface area (Å²) in [5.41, 5.74) is 1.18. The summed E-state index contributed by atoms with van der Waals surface area (Å²) in [6.45, 7) is 0.0848. The third-order valence-corrected chi connectivity index (χ3v) is 5.28. The van der Waals surface area contributed by atoms with Gasteiger partial charge in [0.25, 0.3) is 5.56 Å². The van der Waals surface area contributed by atoms with Crippen molar-refractivity contribution in [2.75, 3.05) is 6.61 Å². The zero-order chi connectivity index (χ0) is 21.8. The summed E-state index contributed by atoms with van der Waals surface area (Å²) in [4.78, 5) is 26.9. The molecule has 1 aliphatic rings. The summed E-state index contributed by atoms with van der Waals surface area (Å²) in [6.07, 6.45) is -0.497. The van der Waals surface area contributed by atoms with E-state index in [4.69, 9.17) is 9.47 Å². The van der Waals surface area contributed by atoms with Crippen molar-refractivity contribution in [1.82, 2.24) is 9.55 Å². The van der Waals surface area contributed by atoms with Crippen molar-refractivity contribution in [3.8, 4) is 5.75 Å². The number of hydrogen-bond donors (Lipinski definition) is 3. The van der Waals surface area contributed by atoms with E-state index in [2.05, 4.69) is 4.98 Å². The van der Waals surface area contributed by atoms with Gasteiger partial charge in [-0.25, -0.2) is 4.79 Å². The molecule has 3 N–H and O–H groups in total. The fraction of sp³-hybridized carbons (Fsp3) is 0.304. The molecule has 4 rings (SSSR count). The lowest BCUT2D eigenvalue weighted by molar-refractivity contribution is -0.0459. The second-order valence-corrected chi connectivity index (χ2v) is 7.53. The largest absolute Gasteiger partial charge is 0.489 e. The molecule has 8 heteroatoms. The number of aromatic amines is 1. The normalized spacial score (nSPS) is 20.6. The van der Waals surface area contributed by atoms with Crippen LogP contribution >= 0.6 is 0 Å². The van der Waals surface area contributed by atoms with E-state index < -0.39 is 29.7 Å². The third-order valence-electron chi connectivity index (χ3n) is 5.28. The van der Waals surface area contributed by atoms with Gasteiger partial charge in [0, 0.05) is 24.6 Å². The van der Waals surface area contributed by atoms with E-state index in [1.54, 1.807) is 0 Å². The van der Waals surface area contributed by atoms with Gasteiger partial charge in [-0.3, -0.25) is 14.3 Å². The van der Waals surface area contributed by atoms with Gasteiger partial charge in [-0.1, -0.05) is 42.5 Å². The minimum absolute atomic E-state index is 0.152. The number of aliphatic hydroxyl groups is 2. The van der Waals surface area contributed by atoms with Gasteiger partial charge in [0.15, 0.2) is 0 Å². The van der Waals surface area contributed by atoms with Crippen LogP contribution in [0.1, 0.15) is 29.3 Å². The standard InChI is InChI=1S/C23H24N2O6/c26-13-20-19(27)11-21(31-20)25-12-17(22(28)24-23(25)29)9-16-7-4-8-18(10-16)30-14-15-5-2-1-3-6-15/h1-8,10,12,19-21,26-27H,9,11,13-14H2,(H,24,28,29)/t19-,20+,21-/m0/s1. The minimum Gasteiger partial charge on any atom is -0.489 e. The minimum atomic E-state index is -0.879. The zero-order valence-corrected chi connectivity index (χ0v) is 16.8. The molecule has 3 atom stereocenters. The average Bonchev–Trinajstić information content (AvgIpc) is 3.15. The molecule has 3 aromatic rings. The predicted molar refractivity (Wildman–Crippen MR) is 113 cm³/mol. The Morgan fingerprint density at radius 3 is 2.61 bits per heavy atom. The van der Waals surface area contributed by atoms with E-state index >= 15 is 0 Å². The Hall–Kier alpha value is -3.20. The van der Waals surface area contributed by atoms with Gasteiger partial charge in [0.05, 0.1) is 12.7 Å². The molecule has 0 aliphatic carbocycles. The molecule has 162 valence electrons. The van der Waals surface area contributed by atoms with Crippen LogP contribution in [0.3, 0.4) is 0 Å². The fourth-order valence-corrected chi connectivity index (χ4v) is 3.62. The van der Waals surface area contributed by atoms with Crippen molar-refractivity contribution in [2.45, 2.75) is 37.9 Å². The first-order chi connectivity index (χ1) is 15.0. The van der Waals surface area contributed by atoms with Crippen molar-refractivity contribution in [2.24, 2.45) is 0 Å². The van der Waals surface area contributed by atoms with Crippen molar-refractivity contribution in [3.63, 3.8) is 0 Å². The lowest BCUT2D eigenvalue weighted by Gasteiger charge is -2.15. The van der Waals surface area contributed by atoms with E-state index in [0.29, 0.717) is 17.9 Å². The van der Waals surface area contributed by atoms with Crippen LogP contribution in [0.15, 0.2) is 70.4 Å².